The predicted octanol–water partition coefficient (Wildman–Crippen LogP) is 4.77. The number of likely N-dealkylation sites (N-methyl/N-ethyl adjacent to an activating group) is 1. The lowest BCUT2D eigenvalue weighted by atomic mass is 9.95. The van der Waals surface area contributed by atoms with E-state index < -0.39 is 0 Å². The fraction of sp³-hybridized carbons (Fsp3) is 0.345. The van der Waals surface area contributed by atoms with Gasteiger partial charge in [-0.1, -0.05) is 42.5 Å². The summed E-state index contributed by atoms with van der Waals surface area (Å²) in [7, 11) is 3.91. The molecule has 1 aliphatic heterocycles. The molecule has 6 heteroatoms. The van der Waals surface area contributed by atoms with Crippen LogP contribution in [0.25, 0.3) is 11.1 Å². The van der Waals surface area contributed by atoms with Crippen molar-refractivity contribution in [2.45, 2.75) is 32.6 Å². The van der Waals surface area contributed by atoms with Crippen LogP contribution in [0.1, 0.15) is 38.2 Å². The highest BCUT2D eigenvalue weighted by Crippen LogP contribution is 2.40. The van der Waals surface area contributed by atoms with Crippen LogP contribution in [0.4, 0.5) is 5.69 Å². The fourth-order valence-corrected chi connectivity index (χ4v) is 4.22. The van der Waals surface area contributed by atoms with Gasteiger partial charge < -0.3 is 15.5 Å². The van der Waals surface area contributed by atoms with E-state index in [9.17, 15) is 9.59 Å². The highest BCUT2D eigenvalue weighted by atomic mass is 16.2. The Kier molecular flexibility index (Phi) is 7.61. The molecule has 182 valence electrons. The molecule has 1 atom stereocenters. The van der Waals surface area contributed by atoms with E-state index in [0.29, 0.717) is 12.5 Å². The topological polar surface area (TPSA) is 73.8 Å². The minimum absolute atomic E-state index is 0.0438. The van der Waals surface area contributed by atoms with Gasteiger partial charge in [0.15, 0.2) is 0 Å². The van der Waals surface area contributed by atoms with Gasteiger partial charge in [0.2, 0.25) is 11.8 Å². The SMILES string of the molecule is CC1=C(C2CC2)CN=C1NC(=O)C(C)c1cccc(-c2ccc(NC(=O)/C=C/CN(C)C)cc2)c1. The van der Waals surface area contributed by atoms with Crippen molar-refractivity contribution in [3.05, 3.63) is 77.4 Å². The number of rotatable bonds is 8. The summed E-state index contributed by atoms with van der Waals surface area (Å²) in [6, 6.07) is 15.8. The average molecular weight is 471 g/mol. The number of carbonyl (C=O) groups is 2. The molecule has 0 radical (unpaired) electrons. The molecule has 0 bridgehead atoms. The molecular formula is C29H34N4O2. The molecule has 6 nitrogen and oxygen atoms in total. The number of aliphatic imine (C=N–C) groups is 1. The number of hydrogen-bond donors (Lipinski definition) is 2. The predicted molar refractivity (Wildman–Crippen MR) is 142 cm³/mol. The van der Waals surface area contributed by atoms with Crippen LogP contribution in [-0.2, 0) is 9.59 Å². The van der Waals surface area contributed by atoms with E-state index >= 15 is 0 Å². The molecule has 1 aliphatic carbocycles. The van der Waals surface area contributed by atoms with Crippen LogP contribution in [0.5, 0.6) is 0 Å². The summed E-state index contributed by atoms with van der Waals surface area (Å²) in [5.41, 5.74) is 6.26. The minimum Gasteiger partial charge on any atom is -0.323 e. The van der Waals surface area contributed by atoms with Gasteiger partial charge >= 0.3 is 0 Å². The maximum atomic E-state index is 13.0. The summed E-state index contributed by atoms with van der Waals surface area (Å²) < 4.78 is 0. The smallest absolute Gasteiger partial charge is 0.248 e. The molecule has 0 saturated heterocycles. The maximum absolute atomic E-state index is 13.0. The minimum atomic E-state index is -0.303. The number of benzene rings is 2. The second-order valence-corrected chi connectivity index (χ2v) is 9.66. The molecular weight excluding hydrogens is 436 g/mol. The first kappa shape index (κ1) is 24.6. The van der Waals surface area contributed by atoms with E-state index in [0.717, 1.165) is 40.3 Å². The highest BCUT2D eigenvalue weighted by molar-refractivity contribution is 6.10. The molecule has 2 aliphatic rings. The van der Waals surface area contributed by atoms with E-state index in [4.69, 9.17) is 0 Å². The second kappa shape index (κ2) is 10.8. The summed E-state index contributed by atoms with van der Waals surface area (Å²) in [5, 5.41) is 5.93. The summed E-state index contributed by atoms with van der Waals surface area (Å²) in [6.07, 6.45) is 5.86. The Morgan fingerprint density at radius 1 is 1.09 bits per heavy atom. The zero-order chi connectivity index (χ0) is 24.9. The molecule has 35 heavy (non-hydrogen) atoms. The van der Waals surface area contributed by atoms with Crippen molar-refractivity contribution >= 4 is 23.3 Å². The Morgan fingerprint density at radius 3 is 2.51 bits per heavy atom. The third kappa shape index (κ3) is 6.34. The van der Waals surface area contributed by atoms with Crippen molar-refractivity contribution in [2.24, 2.45) is 10.9 Å². The third-order valence-electron chi connectivity index (χ3n) is 6.56. The molecule has 4 rings (SSSR count). The van der Waals surface area contributed by atoms with Crippen LogP contribution in [0, 0.1) is 5.92 Å². The standard InChI is InChI=1S/C29H34N4O2/c1-19(29(35)32-28-20(2)26(18-30-28)22-10-11-22)23-7-5-8-24(17-23)21-12-14-25(15-13-21)31-27(34)9-6-16-33(3)4/h5-9,12-15,17,19,22H,10-11,16,18H2,1-4H3,(H,31,34)(H,30,32,35)/b9-6+. The first-order valence-corrected chi connectivity index (χ1v) is 12.2. The van der Waals surface area contributed by atoms with Gasteiger partial charge in [0, 0.05) is 18.3 Å². The number of hydrogen-bond acceptors (Lipinski definition) is 4. The molecule has 1 unspecified atom stereocenters. The molecule has 1 saturated carbocycles. The Bertz CT molecular complexity index is 1190. The third-order valence-corrected chi connectivity index (χ3v) is 6.56. The van der Waals surface area contributed by atoms with Gasteiger partial charge in [-0.2, -0.15) is 0 Å². The summed E-state index contributed by atoms with van der Waals surface area (Å²) in [6.45, 7) is 5.42. The molecule has 2 aromatic rings. The molecule has 2 aromatic carbocycles. The van der Waals surface area contributed by atoms with Gasteiger partial charge in [-0.15, -0.1) is 0 Å². The van der Waals surface area contributed by atoms with Crippen LogP contribution in [0.2, 0.25) is 0 Å². The lowest BCUT2D eigenvalue weighted by molar-refractivity contribution is -0.120. The zero-order valence-corrected chi connectivity index (χ0v) is 21.0. The second-order valence-electron chi connectivity index (χ2n) is 9.66. The van der Waals surface area contributed by atoms with Crippen molar-refractivity contribution in [1.82, 2.24) is 10.2 Å². The zero-order valence-electron chi connectivity index (χ0n) is 21.0. The van der Waals surface area contributed by atoms with Crippen LogP contribution in [0.15, 0.2) is 76.8 Å². The van der Waals surface area contributed by atoms with Crippen LogP contribution >= 0.6 is 0 Å². The van der Waals surface area contributed by atoms with E-state index in [-0.39, 0.29) is 17.7 Å². The van der Waals surface area contributed by atoms with Gasteiger partial charge in [-0.25, -0.2) is 0 Å². The van der Waals surface area contributed by atoms with Crippen molar-refractivity contribution in [3.63, 3.8) is 0 Å². The Balaban J connectivity index is 1.39. The largest absolute Gasteiger partial charge is 0.323 e. The van der Waals surface area contributed by atoms with Crippen molar-refractivity contribution in [3.8, 4) is 11.1 Å². The molecule has 1 fully saturated rings. The van der Waals surface area contributed by atoms with Gasteiger partial charge in [-0.05, 0) is 86.7 Å². The van der Waals surface area contributed by atoms with E-state index in [1.165, 1.54) is 18.4 Å². The Hall–Kier alpha value is -3.51. The van der Waals surface area contributed by atoms with Crippen molar-refractivity contribution < 1.29 is 9.59 Å². The van der Waals surface area contributed by atoms with Gasteiger partial charge in [0.1, 0.15) is 5.84 Å². The first-order valence-electron chi connectivity index (χ1n) is 12.2. The normalized spacial score (nSPS) is 16.5. The monoisotopic (exact) mass is 470 g/mol. The van der Waals surface area contributed by atoms with Crippen LogP contribution in [0.3, 0.4) is 0 Å². The Morgan fingerprint density at radius 2 is 1.83 bits per heavy atom. The number of amides is 2. The van der Waals surface area contributed by atoms with Gasteiger partial charge in [0.05, 0.1) is 12.5 Å². The Labute approximate surface area is 207 Å². The molecule has 1 heterocycles. The lowest BCUT2D eigenvalue weighted by Gasteiger charge is -2.15. The summed E-state index contributed by atoms with van der Waals surface area (Å²) >= 11 is 0. The van der Waals surface area contributed by atoms with E-state index in [1.807, 2.05) is 74.5 Å². The molecule has 0 aromatic heterocycles. The fourth-order valence-electron chi connectivity index (χ4n) is 4.22. The number of carbonyl (C=O) groups excluding carboxylic acids is 2. The van der Waals surface area contributed by atoms with E-state index in [1.54, 1.807) is 6.08 Å². The molecule has 2 N–H and O–H groups in total. The van der Waals surface area contributed by atoms with Crippen molar-refractivity contribution in [1.29, 1.82) is 0 Å². The summed E-state index contributed by atoms with van der Waals surface area (Å²) in [5.74, 6) is 0.902. The quantitative estimate of drug-likeness (QED) is 0.546. The van der Waals surface area contributed by atoms with Gasteiger partial charge in [0.25, 0.3) is 0 Å². The number of nitrogens with one attached hydrogen (secondary N) is 2. The van der Waals surface area contributed by atoms with Crippen LogP contribution in [-0.4, -0.2) is 49.7 Å². The molecule has 0 spiro atoms. The summed E-state index contributed by atoms with van der Waals surface area (Å²) in [4.78, 5) is 31.6. The average Bonchev–Trinajstić information content (AvgIpc) is 3.62. The van der Waals surface area contributed by atoms with E-state index in [2.05, 4.69) is 28.6 Å². The first-order chi connectivity index (χ1) is 16.8. The lowest BCUT2D eigenvalue weighted by Crippen LogP contribution is -2.33. The number of nitrogens with zero attached hydrogens (tertiary/aromatic N) is 2. The number of anilines is 1. The molecule has 2 amide bonds. The number of amidine groups is 1. The highest BCUT2D eigenvalue weighted by Gasteiger charge is 2.31. The van der Waals surface area contributed by atoms with Crippen molar-refractivity contribution in [2.75, 3.05) is 32.5 Å². The van der Waals surface area contributed by atoms with Gasteiger partial charge in [-0.3, -0.25) is 14.6 Å². The maximum Gasteiger partial charge on any atom is 0.248 e. The van der Waals surface area contributed by atoms with Crippen LogP contribution < -0.4 is 10.6 Å².